The summed E-state index contributed by atoms with van der Waals surface area (Å²) in [5, 5.41) is 0. The molecular formula is C4H10Br2Si. The Bertz CT molecular complexity index is 55.2. The Morgan fingerprint density at radius 1 is 1.14 bits per heavy atom. The third-order valence-electron chi connectivity index (χ3n) is 0.655. The second-order valence-corrected chi connectivity index (χ2v) is 12.7. The van der Waals surface area contributed by atoms with Crippen molar-refractivity contribution in [1.82, 2.24) is 0 Å². The van der Waals surface area contributed by atoms with Gasteiger partial charge in [-0.3, -0.25) is 0 Å². The van der Waals surface area contributed by atoms with Crippen molar-refractivity contribution in [3.8, 4) is 0 Å². The molecule has 0 amide bonds. The molecule has 3 heteroatoms. The van der Waals surface area contributed by atoms with Gasteiger partial charge < -0.3 is 0 Å². The minimum atomic E-state index is -0.901. The number of hydrogen-bond donors (Lipinski definition) is 0. The fraction of sp³-hybridized carbons (Fsp3) is 1.00. The molecule has 0 nitrogen and oxygen atoms in total. The van der Waals surface area contributed by atoms with E-state index < -0.39 is 8.07 Å². The van der Waals surface area contributed by atoms with Gasteiger partial charge in [0.15, 0.2) is 0 Å². The predicted octanol–water partition coefficient (Wildman–Crippen LogP) is 2.98. The maximum absolute atomic E-state index is 3.47. The zero-order valence-corrected chi connectivity index (χ0v) is 9.01. The van der Waals surface area contributed by atoms with E-state index in [1.54, 1.807) is 0 Å². The first-order valence-electron chi connectivity index (χ1n) is 2.23. The van der Waals surface area contributed by atoms with Crippen molar-refractivity contribution >= 4 is 39.9 Å². The first kappa shape index (κ1) is 8.18. The Kier molecular flexibility index (Phi) is 3.09. The van der Waals surface area contributed by atoms with E-state index in [4.69, 9.17) is 0 Å². The largest absolute Gasteiger partial charge is 0.0803 e. The van der Waals surface area contributed by atoms with Crippen molar-refractivity contribution in [3.05, 3.63) is 0 Å². The molecule has 0 rings (SSSR count). The lowest BCUT2D eigenvalue weighted by Crippen LogP contribution is -2.28. The first-order chi connectivity index (χ1) is 2.94. The van der Waals surface area contributed by atoms with E-state index in [0.717, 1.165) is 0 Å². The molecule has 0 spiro atoms. The third-order valence-corrected chi connectivity index (χ3v) is 10.2. The van der Waals surface area contributed by atoms with Gasteiger partial charge in [0.1, 0.15) is 0 Å². The van der Waals surface area contributed by atoms with Gasteiger partial charge in [0.05, 0.1) is 11.4 Å². The molecule has 0 fully saturated rings. The minimum Gasteiger partial charge on any atom is -0.0803 e. The van der Waals surface area contributed by atoms with Gasteiger partial charge in [-0.05, 0) is 0 Å². The average Bonchev–Trinajstić information content (AvgIpc) is 1.31. The summed E-state index contributed by atoms with van der Waals surface area (Å²) in [5.74, 6) is 0. The van der Waals surface area contributed by atoms with E-state index >= 15 is 0 Å². The SMILES string of the molecule is C[Si](C)(C)C(Br)Br. The van der Waals surface area contributed by atoms with E-state index in [2.05, 4.69) is 51.5 Å². The van der Waals surface area contributed by atoms with Crippen LogP contribution in [0.25, 0.3) is 0 Å². The van der Waals surface area contributed by atoms with Crippen LogP contribution >= 0.6 is 31.9 Å². The van der Waals surface area contributed by atoms with E-state index in [0.29, 0.717) is 3.36 Å². The molecule has 0 aliphatic rings. The summed E-state index contributed by atoms with van der Waals surface area (Å²) in [6.07, 6.45) is 0. The Balaban J connectivity index is 3.54. The molecule has 0 saturated heterocycles. The van der Waals surface area contributed by atoms with Crippen molar-refractivity contribution in [1.29, 1.82) is 0 Å². The maximum atomic E-state index is 3.47. The molecule has 44 valence electrons. The Morgan fingerprint density at radius 3 is 1.29 bits per heavy atom. The molecular weight excluding hydrogens is 236 g/mol. The molecule has 0 aromatic carbocycles. The molecule has 0 aliphatic heterocycles. The van der Waals surface area contributed by atoms with E-state index in [1.165, 1.54) is 0 Å². The zero-order valence-electron chi connectivity index (χ0n) is 4.83. The molecule has 0 heterocycles. The second-order valence-electron chi connectivity index (χ2n) is 2.67. The van der Waals surface area contributed by atoms with Crippen molar-refractivity contribution in [2.24, 2.45) is 0 Å². The maximum Gasteiger partial charge on any atom is 0.0730 e. The van der Waals surface area contributed by atoms with Gasteiger partial charge >= 0.3 is 0 Å². The predicted molar refractivity (Wildman–Crippen MR) is 45.0 cm³/mol. The summed E-state index contributed by atoms with van der Waals surface area (Å²) >= 11 is 6.95. The lowest BCUT2D eigenvalue weighted by atomic mass is 11.8. The molecule has 0 aromatic heterocycles. The summed E-state index contributed by atoms with van der Waals surface area (Å²) < 4.78 is 0.562. The highest BCUT2D eigenvalue weighted by atomic mass is 79.9. The average molecular weight is 246 g/mol. The molecule has 7 heavy (non-hydrogen) atoms. The lowest BCUT2D eigenvalue weighted by Gasteiger charge is -2.16. The second kappa shape index (κ2) is 2.64. The summed E-state index contributed by atoms with van der Waals surface area (Å²) in [7, 11) is -0.901. The third kappa shape index (κ3) is 3.73. The van der Waals surface area contributed by atoms with Crippen LogP contribution in [0, 0.1) is 0 Å². The van der Waals surface area contributed by atoms with E-state index in [9.17, 15) is 0 Å². The normalized spacial score (nSPS) is 12.9. The number of alkyl halides is 2. The van der Waals surface area contributed by atoms with Crippen LogP contribution in [0.5, 0.6) is 0 Å². The molecule has 0 aliphatic carbocycles. The smallest absolute Gasteiger partial charge is 0.0730 e. The molecule has 0 unspecified atom stereocenters. The van der Waals surface area contributed by atoms with E-state index in [-0.39, 0.29) is 0 Å². The van der Waals surface area contributed by atoms with Gasteiger partial charge in [0, 0.05) is 0 Å². The summed E-state index contributed by atoms with van der Waals surface area (Å²) in [6.45, 7) is 6.92. The molecule has 0 atom stereocenters. The minimum absolute atomic E-state index is 0.562. The summed E-state index contributed by atoms with van der Waals surface area (Å²) in [5.41, 5.74) is 0. The summed E-state index contributed by atoms with van der Waals surface area (Å²) in [6, 6.07) is 0. The molecule has 0 aromatic rings. The first-order valence-corrected chi connectivity index (χ1v) is 7.63. The van der Waals surface area contributed by atoms with Gasteiger partial charge in [-0.15, -0.1) is 0 Å². The number of rotatable bonds is 1. The molecule has 0 saturated carbocycles. The van der Waals surface area contributed by atoms with Gasteiger partial charge in [-0.2, -0.15) is 0 Å². The van der Waals surface area contributed by atoms with Crippen LogP contribution in [0.2, 0.25) is 19.6 Å². The number of hydrogen-bond acceptors (Lipinski definition) is 0. The monoisotopic (exact) mass is 244 g/mol. The molecule has 0 radical (unpaired) electrons. The Hall–Kier alpha value is 1.18. The van der Waals surface area contributed by atoms with Crippen LogP contribution in [-0.4, -0.2) is 11.4 Å². The van der Waals surface area contributed by atoms with Crippen LogP contribution < -0.4 is 0 Å². The van der Waals surface area contributed by atoms with Crippen molar-refractivity contribution in [2.75, 3.05) is 0 Å². The van der Waals surface area contributed by atoms with Crippen molar-refractivity contribution in [3.63, 3.8) is 0 Å². The number of halogens is 2. The Morgan fingerprint density at radius 2 is 1.29 bits per heavy atom. The standard InChI is InChI=1S/C4H10Br2Si/c1-7(2,3)4(5)6/h4H,1-3H3. The molecule has 0 N–H and O–H groups in total. The zero-order chi connectivity index (χ0) is 6.08. The van der Waals surface area contributed by atoms with Crippen LogP contribution in [0.3, 0.4) is 0 Å². The lowest BCUT2D eigenvalue weighted by molar-refractivity contribution is 1.65. The van der Waals surface area contributed by atoms with Crippen LogP contribution in [0.4, 0.5) is 0 Å². The van der Waals surface area contributed by atoms with E-state index in [1.807, 2.05) is 0 Å². The van der Waals surface area contributed by atoms with Crippen molar-refractivity contribution < 1.29 is 0 Å². The Labute approximate surface area is 63.0 Å². The highest BCUT2D eigenvalue weighted by Gasteiger charge is 2.20. The van der Waals surface area contributed by atoms with Crippen LogP contribution in [0.1, 0.15) is 0 Å². The summed E-state index contributed by atoms with van der Waals surface area (Å²) in [4.78, 5) is 0. The van der Waals surface area contributed by atoms with Gasteiger partial charge in [-0.1, -0.05) is 51.5 Å². The van der Waals surface area contributed by atoms with Gasteiger partial charge in [-0.25, -0.2) is 0 Å². The van der Waals surface area contributed by atoms with Crippen LogP contribution in [0.15, 0.2) is 0 Å². The molecule has 0 bridgehead atoms. The topological polar surface area (TPSA) is 0 Å². The fourth-order valence-corrected chi connectivity index (χ4v) is 0. The van der Waals surface area contributed by atoms with Crippen molar-refractivity contribution in [2.45, 2.75) is 23.0 Å². The van der Waals surface area contributed by atoms with Crippen LogP contribution in [-0.2, 0) is 0 Å². The fourth-order valence-electron chi connectivity index (χ4n) is 0. The van der Waals surface area contributed by atoms with Gasteiger partial charge in [0.25, 0.3) is 0 Å². The van der Waals surface area contributed by atoms with Gasteiger partial charge in [0.2, 0.25) is 0 Å². The highest BCUT2D eigenvalue weighted by Crippen LogP contribution is 2.21. The highest BCUT2D eigenvalue weighted by molar-refractivity contribution is 9.25. The quantitative estimate of drug-likeness (QED) is 0.492.